The van der Waals surface area contributed by atoms with Crippen molar-refractivity contribution in [2.24, 2.45) is 5.92 Å². The van der Waals surface area contributed by atoms with Crippen LogP contribution < -0.4 is 9.64 Å². The molecule has 0 bridgehead atoms. The minimum atomic E-state index is 0.626. The Morgan fingerprint density at radius 3 is 2.61 bits per heavy atom. The highest BCUT2D eigenvalue weighted by atomic mass is 16.5. The van der Waals surface area contributed by atoms with Crippen LogP contribution in [0.5, 0.6) is 5.88 Å². The van der Waals surface area contributed by atoms with Crippen molar-refractivity contribution in [1.82, 2.24) is 19.7 Å². The number of piperidine rings is 1. The van der Waals surface area contributed by atoms with Crippen LogP contribution in [0.15, 0.2) is 18.5 Å². The molecule has 0 spiro atoms. The molecular formula is C17H25N5O. The van der Waals surface area contributed by atoms with Crippen LogP contribution in [0, 0.1) is 19.8 Å². The fourth-order valence-electron chi connectivity index (χ4n) is 3.18. The van der Waals surface area contributed by atoms with Crippen molar-refractivity contribution in [3.8, 4) is 5.88 Å². The summed E-state index contributed by atoms with van der Waals surface area (Å²) in [7, 11) is 0. The normalized spacial score (nSPS) is 15.9. The molecule has 0 radical (unpaired) electrons. The van der Waals surface area contributed by atoms with Crippen molar-refractivity contribution in [1.29, 1.82) is 0 Å². The van der Waals surface area contributed by atoms with Gasteiger partial charge in [0.05, 0.1) is 12.3 Å². The standard InChI is InChI=1S/C17H25N5O/c1-4-23-17-10-16(18-12-19-17)21-7-5-15(6-8-21)11-22-14(3)9-13(2)20-22/h9-10,12,15H,4-8,11H2,1-3H3. The second kappa shape index (κ2) is 6.98. The van der Waals surface area contributed by atoms with Crippen LogP contribution in [0.25, 0.3) is 0 Å². The van der Waals surface area contributed by atoms with Crippen molar-refractivity contribution in [2.75, 3.05) is 24.6 Å². The van der Waals surface area contributed by atoms with Gasteiger partial charge in [-0.05, 0) is 45.6 Å². The topological polar surface area (TPSA) is 56.1 Å². The van der Waals surface area contributed by atoms with E-state index in [1.54, 1.807) is 6.33 Å². The van der Waals surface area contributed by atoms with Crippen molar-refractivity contribution < 1.29 is 4.74 Å². The van der Waals surface area contributed by atoms with Crippen molar-refractivity contribution in [2.45, 2.75) is 40.2 Å². The zero-order valence-electron chi connectivity index (χ0n) is 14.2. The summed E-state index contributed by atoms with van der Waals surface area (Å²) in [6.07, 6.45) is 3.90. The third-order valence-corrected chi connectivity index (χ3v) is 4.39. The molecule has 1 saturated heterocycles. The van der Waals surface area contributed by atoms with E-state index in [4.69, 9.17) is 4.74 Å². The Morgan fingerprint density at radius 2 is 1.96 bits per heavy atom. The maximum absolute atomic E-state index is 5.46. The van der Waals surface area contributed by atoms with Gasteiger partial charge in [-0.2, -0.15) is 5.10 Å². The van der Waals surface area contributed by atoms with E-state index in [1.807, 2.05) is 13.0 Å². The van der Waals surface area contributed by atoms with Crippen molar-refractivity contribution in [3.63, 3.8) is 0 Å². The highest BCUT2D eigenvalue weighted by Crippen LogP contribution is 2.24. The van der Waals surface area contributed by atoms with Crippen LogP contribution in [0.3, 0.4) is 0 Å². The van der Waals surface area contributed by atoms with Crippen LogP contribution >= 0.6 is 0 Å². The molecule has 3 rings (SSSR count). The number of aromatic nitrogens is 4. The van der Waals surface area contributed by atoms with E-state index in [0.29, 0.717) is 18.4 Å². The van der Waals surface area contributed by atoms with Gasteiger partial charge in [0.25, 0.3) is 0 Å². The largest absolute Gasteiger partial charge is 0.478 e. The Bertz CT molecular complexity index is 646. The van der Waals surface area contributed by atoms with Gasteiger partial charge >= 0.3 is 0 Å². The molecule has 0 saturated carbocycles. The Morgan fingerprint density at radius 1 is 1.17 bits per heavy atom. The summed E-state index contributed by atoms with van der Waals surface area (Å²) in [4.78, 5) is 10.8. The summed E-state index contributed by atoms with van der Waals surface area (Å²) in [5.41, 5.74) is 2.35. The third-order valence-electron chi connectivity index (χ3n) is 4.39. The van der Waals surface area contributed by atoms with Crippen molar-refractivity contribution in [3.05, 3.63) is 29.8 Å². The van der Waals surface area contributed by atoms with Crippen LogP contribution in [0.2, 0.25) is 0 Å². The average Bonchev–Trinajstić information content (AvgIpc) is 2.86. The molecule has 23 heavy (non-hydrogen) atoms. The molecule has 0 N–H and O–H groups in total. The van der Waals surface area contributed by atoms with Gasteiger partial charge in [0, 0.05) is 31.4 Å². The molecule has 0 atom stereocenters. The van der Waals surface area contributed by atoms with Crippen LogP contribution in [0.4, 0.5) is 5.82 Å². The fraction of sp³-hybridized carbons (Fsp3) is 0.588. The Balaban J connectivity index is 1.58. The molecule has 3 heterocycles. The lowest BCUT2D eigenvalue weighted by molar-refractivity contribution is 0.324. The van der Waals surface area contributed by atoms with E-state index < -0.39 is 0 Å². The predicted octanol–water partition coefficient (Wildman–Crippen LogP) is 2.61. The van der Waals surface area contributed by atoms with E-state index in [9.17, 15) is 0 Å². The SMILES string of the molecule is CCOc1cc(N2CCC(Cn3nc(C)cc3C)CC2)ncn1. The van der Waals surface area contributed by atoms with E-state index in [0.717, 1.165) is 44.0 Å². The summed E-state index contributed by atoms with van der Waals surface area (Å²) in [5.74, 6) is 2.30. The summed E-state index contributed by atoms with van der Waals surface area (Å²) in [5, 5.41) is 4.58. The molecule has 1 aliphatic heterocycles. The molecule has 1 aliphatic rings. The quantitative estimate of drug-likeness (QED) is 0.849. The van der Waals surface area contributed by atoms with E-state index >= 15 is 0 Å². The first kappa shape index (κ1) is 15.8. The van der Waals surface area contributed by atoms with Gasteiger partial charge < -0.3 is 9.64 Å². The zero-order chi connectivity index (χ0) is 16.2. The second-order valence-corrected chi connectivity index (χ2v) is 6.19. The van der Waals surface area contributed by atoms with Gasteiger partial charge in [0.1, 0.15) is 12.1 Å². The minimum Gasteiger partial charge on any atom is -0.478 e. The first-order valence-electron chi connectivity index (χ1n) is 8.36. The molecule has 6 heteroatoms. The first-order valence-corrected chi connectivity index (χ1v) is 8.36. The number of hydrogen-bond donors (Lipinski definition) is 0. The lowest BCUT2D eigenvalue weighted by Crippen LogP contribution is -2.35. The molecule has 6 nitrogen and oxygen atoms in total. The Labute approximate surface area is 137 Å². The number of anilines is 1. The fourth-order valence-corrected chi connectivity index (χ4v) is 3.18. The summed E-state index contributed by atoms with van der Waals surface area (Å²) < 4.78 is 7.61. The average molecular weight is 315 g/mol. The molecule has 0 amide bonds. The van der Waals surface area contributed by atoms with E-state index in [2.05, 4.69) is 44.6 Å². The maximum Gasteiger partial charge on any atom is 0.218 e. The molecule has 2 aromatic rings. The molecule has 0 aliphatic carbocycles. The summed E-state index contributed by atoms with van der Waals surface area (Å²) >= 11 is 0. The molecule has 1 fully saturated rings. The van der Waals surface area contributed by atoms with E-state index in [1.165, 1.54) is 5.69 Å². The number of nitrogens with zero attached hydrogens (tertiary/aromatic N) is 5. The molecule has 124 valence electrons. The Kier molecular flexibility index (Phi) is 4.79. The highest BCUT2D eigenvalue weighted by molar-refractivity contribution is 5.41. The monoisotopic (exact) mass is 315 g/mol. The summed E-state index contributed by atoms with van der Waals surface area (Å²) in [6.45, 7) is 9.83. The van der Waals surface area contributed by atoms with Gasteiger partial charge in [0.15, 0.2) is 0 Å². The maximum atomic E-state index is 5.46. The van der Waals surface area contributed by atoms with E-state index in [-0.39, 0.29) is 0 Å². The molecule has 0 unspecified atom stereocenters. The number of hydrogen-bond acceptors (Lipinski definition) is 5. The first-order chi connectivity index (χ1) is 11.2. The minimum absolute atomic E-state index is 0.626. The molecular weight excluding hydrogens is 290 g/mol. The number of ether oxygens (including phenoxy) is 1. The lowest BCUT2D eigenvalue weighted by Gasteiger charge is -2.32. The van der Waals surface area contributed by atoms with Gasteiger partial charge in [-0.15, -0.1) is 0 Å². The Hall–Kier alpha value is -2.11. The van der Waals surface area contributed by atoms with Crippen LogP contribution in [0.1, 0.15) is 31.2 Å². The number of aryl methyl sites for hydroxylation is 2. The van der Waals surface area contributed by atoms with Gasteiger partial charge in [-0.3, -0.25) is 4.68 Å². The van der Waals surface area contributed by atoms with Crippen LogP contribution in [-0.2, 0) is 6.54 Å². The number of rotatable bonds is 5. The molecule has 0 aromatic carbocycles. The van der Waals surface area contributed by atoms with Gasteiger partial charge in [0.2, 0.25) is 5.88 Å². The second-order valence-electron chi connectivity index (χ2n) is 6.19. The van der Waals surface area contributed by atoms with Crippen molar-refractivity contribution >= 4 is 5.82 Å². The zero-order valence-corrected chi connectivity index (χ0v) is 14.2. The highest BCUT2D eigenvalue weighted by Gasteiger charge is 2.21. The predicted molar refractivity (Wildman–Crippen MR) is 89.8 cm³/mol. The summed E-state index contributed by atoms with van der Waals surface area (Å²) in [6, 6.07) is 4.08. The molecule has 2 aromatic heterocycles. The van der Waals surface area contributed by atoms with Crippen LogP contribution in [-0.4, -0.2) is 39.4 Å². The third kappa shape index (κ3) is 3.81. The lowest BCUT2D eigenvalue weighted by atomic mass is 9.97. The smallest absolute Gasteiger partial charge is 0.218 e. The van der Waals surface area contributed by atoms with Gasteiger partial charge in [-0.1, -0.05) is 0 Å². The van der Waals surface area contributed by atoms with Gasteiger partial charge in [-0.25, -0.2) is 9.97 Å².